The van der Waals surface area contributed by atoms with E-state index >= 15 is 0 Å². The molecule has 0 aromatic heterocycles. The zero-order valence-corrected chi connectivity index (χ0v) is 12.0. The van der Waals surface area contributed by atoms with Gasteiger partial charge in [0.25, 0.3) is 0 Å². The summed E-state index contributed by atoms with van der Waals surface area (Å²) in [6, 6.07) is 6.58. The average molecular weight is 286 g/mol. The summed E-state index contributed by atoms with van der Waals surface area (Å²) in [4.78, 5) is 24.2. The molecule has 0 radical (unpaired) electrons. The molecule has 1 aliphatic rings. The Labute approximate surface area is 124 Å². The predicted molar refractivity (Wildman–Crippen MR) is 79.6 cm³/mol. The molecule has 4 nitrogen and oxygen atoms in total. The van der Waals surface area contributed by atoms with E-state index in [2.05, 4.69) is 0 Å². The summed E-state index contributed by atoms with van der Waals surface area (Å²) in [5.41, 5.74) is 0.852. The molecule has 0 heterocycles. The van der Waals surface area contributed by atoms with Gasteiger partial charge in [-0.25, -0.2) is 0 Å². The number of allylic oxidation sites excluding steroid dienone is 4. The Morgan fingerprint density at radius 1 is 1.05 bits per heavy atom. The minimum absolute atomic E-state index is 0.374. The summed E-state index contributed by atoms with van der Waals surface area (Å²) < 4.78 is 10.3. The lowest BCUT2D eigenvalue weighted by atomic mass is 9.97. The summed E-state index contributed by atoms with van der Waals surface area (Å²) in [6.07, 6.45) is 7.15. The topological polar surface area (TPSA) is 52.6 Å². The van der Waals surface area contributed by atoms with Crippen LogP contribution in [0.25, 0.3) is 0 Å². The first kappa shape index (κ1) is 15.2. The van der Waals surface area contributed by atoms with Crippen molar-refractivity contribution in [3.63, 3.8) is 0 Å². The van der Waals surface area contributed by atoms with Crippen LogP contribution in [0.3, 0.4) is 0 Å². The number of rotatable bonds is 7. The van der Waals surface area contributed by atoms with Crippen molar-refractivity contribution >= 4 is 11.6 Å². The lowest BCUT2D eigenvalue weighted by molar-refractivity contribution is -0.111. The molecule has 2 rings (SSSR count). The molecule has 0 atom stereocenters. The Morgan fingerprint density at radius 2 is 1.81 bits per heavy atom. The van der Waals surface area contributed by atoms with Crippen LogP contribution >= 0.6 is 0 Å². The van der Waals surface area contributed by atoms with Crippen LogP contribution in [-0.2, 0) is 9.53 Å². The highest BCUT2D eigenvalue weighted by Crippen LogP contribution is 2.16. The maximum atomic E-state index is 12.1. The predicted octanol–water partition coefficient (Wildman–Crippen LogP) is 2.74. The fraction of sp³-hybridized carbons (Fsp3) is 0.294. The van der Waals surface area contributed by atoms with Gasteiger partial charge < -0.3 is 9.47 Å². The number of methoxy groups -OCH3 is 1. The molecule has 1 aromatic carbocycles. The molecule has 1 aliphatic carbocycles. The van der Waals surface area contributed by atoms with Crippen LogP contribution in [0.5, 0.6) is 5.75 Å². The summed E-state index contributed by atoms with van der Waals surface area (Å²) in [5.74, 6) is -0.303. The van der Waals surface area contributed by atoms with Crippen LogP contribution in [0.4, 0.5) is 0 Å². The summed E-state index contributed by atoms with van der Waals surface area (Å²) in [6.45, 7) is 0.945. The molecule has 0 unspecified atom stereocenters. The number of carbonyl (C=O) groups excluding carboxylic acids is 2. The molecule has 0 fully saturated rings. The first-order valence-electron chi connectivity index (χ1n) is 6.90. The highest BCUT2D eigenvalue weighted by Gasteiger charge is 2.19. The second-order valence-electron chi connectivity index (χ2n) is 4.66. The van der Waals surface area contributed by atoms with Crippen molar-refractivity contribution in [2.45, 2.75) is 12.8 Å². The van der Waals surface area contributed by atoms with Crippen LogP contribution in [0, 0.1) is 0 Å². The third kappa shape index (κ3) is 4.13. The fourth-order valence-corrected chi connectivity index (χ4v) is 1.99. The van der Waals surface area contributed by atoms with Gasteiger partial charge in [-0.2, -0.15) is 0 Å². The molecule has 0 spiro atoms. The van der Waals surface area contributed by atoms with E-state index in [1.807, 2.05) is 12.2 Å². The van der Waals surface area contributed by atoms with E-state index in [-0.39, 0.29) is 0 Å². The van der Waals surface area contributed by atoms with Crippen molar-refractivity contribution in [1.82, 2.24) is 0 Å². The molecular formula is C17H18O4. The van der Waals surface area contributed by atoms with Gasteiger partial charge in [-0.05, 0) is 37.1 Å². The van der Waals surface area contributed by atoms with Crippen molar-refractivity contribution in [2.75, 3.05) is 20.3 Å². The van der Waals surface area contributed by atoms with E-state index in [9.17, 15) is 9.59 Å². The summed E-state index contributed by atoms with van der Waals surface area (Å²) in [7, 11) is 1.60. The Kier molecular flexibility index (Phi) is 5.46. The molecule has 0 bridgehead atoms. The lowest BCUT2D eigenvalue weighted by Crippen LogP contribution is -2.16. The Morgan fingerprint density at radius 3 is 2.43 bits per heavy atom. The van der Waals surface area contributed by atoms with Crippen molar-refractivity contribution in [3.05, 3.63) is 53.6 Å². The van der Waals surface area contributed by atoms with Crippen molar-refractivity contribution in [3.8, 4) is 5.75 Å². The van der Waals surface area contributed by atoms with Crippen LogP contribution in [0.2, 0.25) is 0 Å². The molecular weight excluding hydrogens is 268 g/mol. The second-order valence-corrected chi connectivity index (χ2v) is 4.66. The monoisotopic (exact) mass is 286 g/mol. The van der Waals surface area contributed by atoms with Gasteiger partial charge in [0, 0.05) is 18.2 Å². The lowest BCUT2D eigenvalue weighted by Gasteiger charge is -2.07. The number of benzene rings is 1. The van der Waals surface area contributed by atoms with E-state index in [1.54, 1.807) is 37.5 Å². The van der Waals surface area contributed by atoms with E-state index < -0.39 is 11.6 Å². The number of Topliss-reactive ketones (excluding diaryl/α,β-unsaturated/α-hetero) is 2. The maximum absolute atomic E-state index is 12.1. The molecule has 0 saturated carbocycles. The van der Waals surface area contributed by atoms with Crippen molar-refractivity contribution < 1.29 is 19.1 Å². The van der Waals surface area contributed by atoms with Crippen LogP contribution in [-0.4, -0.2) is 31.9 Å². The van der Waals surface area contributed by atoms with Gasteiger partial charge in [-0.3, -0.25) is 9.59 Å². The van der Waals surface area contributed by atoms with Crippen LogP contribution in [0.15, 0.2) is 48.1 Å². The Hall–Kier alpha value is -2.20. The van der Waals surface area contributed by atoms with E-state index in [0.717, 1.165) is 12.8 Å². The molecule has 0 N–H and O–H groups in total. The average Bonchev–Trinajstić information content (AvgIpc) is 2.55. The van der Waals surface area contributed by atoms with Gasteiger partial charge in [-0.15, -0.1) is 0 Å². The SMILES string of the molecule is COCCOc1ccc(C(=O)C(=O)C2=CCCC=C2)cc1. The molecule has 0 amide bonds. The zero-order valence-electron chi connectivity index (χ0n) is 12.0. The second kappa shape index (κ2) is 7.55. The first-order chi connectivity index (χ1) is 10.2. The number of hydrogen-bond donors (Lipinski definition) is 0. The first-order valence-corrected chi connectivity index (χ1v) is 6.90. The van der Waals surface area contributed by atoms with Crippen molar-refractivity contribution in [2.24, 2.45) is 0 Å². The Balaban J connectivity index is 2.01. The minimum Gasteiger partial charge on any atom is -0.491 e. The number of carbonyl (C=O) groups is 2. The summed E-state index contributed by atoms with van der Waals surface area (Å²) >= 11 is 0. The van der Waals surface area contributed by atoms with Crippen LogP contribution < -0.4 is 4.74 Å². The molecule has 110 valence electrons. The van der Waals surface area contributed by atoms with Gasteiger partial charge >= 0.3 is 0 Å². The van der Waals surface area contributed by atoms with Crippen molar-refractivity contribution in [1.29, 1.82) is 0 Å². The quantitative estimate of drug-likeness (QED) is 0.439. The van der Waals surface area contributed by atoms with Gasteiger partial charge in [0.15, 0.2) is 0 Å². The van der Waals surface area contributed by atoms with E-state index in [0.29, 0.717) is 30.1 Å². The van der Waals surface area contributed by atoms with E-state index in [1.165, 1.54) is 0 Å². The molecule has 21 heavy (non-hydrogen) atoms. The smallest absolute Gasteiger partial charge is 0.233 e. The molecule has 1 aromatic rings. The van der Waals surface area contributed by atoms with E-state index in [4.69, 9.17) is 9.47 Å². The molecule has 0 aliphatic heterocycles. The number of ketones is 2. The van der Waals surface area contributed by atoms with Gasteiger partial charge in [0.05, 0.1) is 6.61 Å². The van der Waals surface area contributed by atoms with Gasteiger partial charge in [0.2, 0.25) is 11.6 Å². The fourth-order valence-electron chi connectivity index (χ4n) is 1.99. The summed E-state index contributed by atoms with van der Waals surface area (Å²) in [5, 5.41) is 0. The standard InChI is InChI=1S/C17H18O4/c1-20-11-12-21-15-9-7-14(8-10-15)17(19)16(18)13-5-3-2-4-6-13/h3,5-10H,2,4,11-12H2,1H3. The molecule has 4 heteroatoms. The normalized spacial score (nSPS) is 13.7. The number of hydrogen-bond acceptors (Lipinski definition) is 4. The Bertz CT molecular complexity index is 567. The largest absolute Gasteiger partial charge is 0.491 e. The highest BCUT2D eigenvalue weighted by molar-refractivity contribution is 6.49. The third-order valence-electron chi connectivity index (χ3n) is 3.14. The zero-order chi connectivity index (χ0) is 15.1. The van der Waals surface area contributed by atoms with Gasteiger partial charge in [0.1, 0.15) is 12.4 Å². The number of ether oxygens (including phenoxy) is 2. The van der Waals surface area contributed by atoms with Gasteiger partial charge in [-0.1, -0.05) is 18.2 Å². The minimum atomic E-state index is -0.490. The maximum Gasteiger partial charge on any atom is 0.233 e. The third-order valence-corrected chi connectivity index (χ3v) is 3.14. The highest BCUT2D eigenvalue weighted by atomic mass is 16.5. The molecule has 0 saturated heterocycles. The van der Waals surface area contributed by atoms with Crippen LogP contribution in [0.1, 0.15) is 23.2 Å².